The van der Waals surface area contributed by atoms with E-state index in [-0.39, 0.29) is 31.4 Å². The van der Waals surface area contributed by atoms with E-state index in [1.807, 2.05) is 48.5 Å². The van der Waals surface area contributed by atoms with Crippen LogP contribution in [0.5, 0.6) is 0 Å². The zero-order valence-electron chi connectivity index (χ0n) is 24.4. The van der Waals surface area contributed by atoms with Gasteiger partial charge in [-0.3, -0.25) is 14.4 Å². The molecule has 0 aliphatic carbocycles. The predicted molar refractivity (Wildman–Crippen MR) is 176 cm³/mol. The van der Waals surface area contributed by atoms with Gasteiger partial charge < -0.3 is 24.3 Å². The maximum absolute atomic E-state index is 12.1. The molecule has 2 heterocycles. The van der Waals surface area contributed by atoms with E-state index in [0.717, 1.165) is 27.4 Å². The lowest BCUT2D eigenvalue weighted by molar-refractivity contribution is -0.240. The highest BCUT2D eigenvalue weighted by molar-refractivity contribution is 9.10. The Balaban J connectivity index is 0.000000302. The van der Waals surface area contributed by atoms with Gasteiger partial charge in [0, 0.05) is 35.3 Å². The molecule has 0 spiro atoms. The van der Waals surface area contributed by atoms with Crippen LogP contribution in [0, 0.1) is 11.8 Å². The summed E-state index contributed by atoms with van der Waals surface area (Å²) in [4.78, 5) is 37.5. The molecule has 2 N–H and O–H groups in total. The number of halogens is 2. The predicted octanol–water partition coefficient (Wildman–Crippen LogP) is 5.27. The Morgan fingerprint density at radius 2 is 1.43 bits per heavy atom. The molecule has 0 unspecified atom stereocenters. The van der Waals surface area contributed by atoms with Crippen LogP contribution in [-0.4, -0.2) is 58.5 Å². The molecule has 2 fully saturated rings. The van der Waals surface area contributed by atoms with Gasteiger partial charge in [-0.15, -0.1) is 0 Å². The van der Waals surface area contributed by atoms with Crippen molar-refractivity contribution >= 4 is 77.2 Å². The van der Waals surface area contributed by atoms with Crippen molar-refractivity contribution in [1.29, 1.82) is 0 Å². The van der Waals surface area contributed by atoms with Crippen LogP contribution >= 0.6 is 45.4 Å². The lowest BCUT2D eigenvalue weighted by atomic mass is 9.62. The number of rotatable bonds is 9. The van der Waals surface area contributed by atoms with Crippen molar-refractivity contribution in [1.82, 2.24) is 4.81 Å². The monoisotopic (exact) mass is 725 g/mol. The summed E-state index contributed by atoms with van der Waals surface area (Å²) in [5.41, 5.74) is 2.28. The van der Waals surface area contributed by atoms with Crippen LogP contribution in [0.2, 0.25) is 20.0 Å². The first-order valence-electron chi connectivity index (χ1n) is 13.9. The van der Waals surface area contributed by atoms with E-state index >= 15 is 0 Å². The SMILES string of the molecule is CB(O)C[C@H](Cc1ccc(Br)cc1)CC1C(=O)OC(C)(C)OC1=O.CB(O)N1C(=O)CC[C@H]1Cc1ccc(Br)cc1.S. The molecule has 1 amide bonds. The zero-order valence-corrected chi connectivity index (χ0v) is 28.6. The highest BCUT2D eigenvalue weighted by atomic mass is 79.9. The van der Waals surface area contributed by atoms with Crippen molar-refractivity contribution in [2.75, 3.05) is 0 Å². The second-order valence-corrected chi connectivity index (χ2v) is 13.1. The lowest BCUT2D eigenvalue weighted by Gasteiger charge is -2.34. The molecule has 0 saturated carbocycles. The third-order valence-corrected chi connectivity index (χ3v) is 8.16. The van der Waals surface area contributed by atoms with Crippen molar-refractivity contribution in [3.8, 4) is 0 Å². The van der Waals surface area contributed by atoms with Gasteiger partial charge in [0.25, 0.3) is 12.7 Å². The van der Waals surface area contributed by atoms with Crippen LogP contribution < -0.4 is 0 Å². The number of amides is 1. The Labute approximate surface area is 272 Å². The van der Waals surface area contributed by atoms with Crippen LogP contribution in [0.1, 0.15) is 44.2 Å². The van der Waals surface area contributed by atoms with Gasteiger partial charge in [0.2, 0.25) is 5.91 Å². The largest absolute Gasteiger partial charge is 0.451 e. The third-order valence-electron chi connectivity index (χ3n) is 7.10. The van der Waals surface area contributed by atoms with Crippen LogP contribution in [0.3, 0.4) is 0 Å². The number of carbonyl (C=O) groups is 3. The summed E-state index contributed by atoms with van der Waals surface area (Å²) in [6, 6.07) is 16.1. The molecule has 0 aromatic heterocycles. The zero-order chi connectivity index (χ0) is 30.3. The van der Waals surface area contributed by atoms with Crippen molar-refractivity contribution in [2.45, 2.75) is 77.7 Å². The van der Waals surface area contributed by atoms with E-state index in [9.17, 15) is 24.4 Å². The van der Waals surface area contributed by atoms with Crippen molar-refractivity contribution in [3.05, 3.63) is 68.6 Å². The summed E-state index contributed by atoms with van der Waals surface area (Å²) in [7, 11) is -0.689. The first kappa shape index (κ1) is 36.4. The van der Waals surface area contributed by atoms with Gasteiger partial charge in [0.15, 0.2) is 5.92 Å². The maximum atomic E-state index is 12.1. The minimum atomic E-state index is -1.21. The molecular formula is C29H39B2Br2NO7S. The molecule has 0 bridgehead atoms. The van der Waals surface area contributed by atoms with Crippen molar-refractivity contribution < 1.29 is 33.9 Å². The number of ether oxygens (including phenoxy) is 2. The van der Waals surface area contributed by atoms with E-state index in [4.69, 9.17) is 9.47 Å². The van der Waals surface area contributed by atoms with E-state index in [1.54, 1.807) is 18.5 Å². The second kappa shape index (κ2) is 16.3. The molecule has 8 nitrogen and oxygen atoms in total. The first-order valence-corrected chi connectivity index (χ1v) is 15.4. The Kier molecular flexibility index (Phi) is 14.2. The molecule has 2 aromatic rings. The normalized spacial score (nSPS) is 18.7. The number of hydrogen-bond acceptors (Lipinski definition) is 7. The molecule has 13 heteroatoms. The minimum absolute atomic E-state index is 0. The summed E-state index contributed by atoms with van der Waals surface area (Å²) in [6.07, 6.45) is 3.65. The Morgan fingerprint density at radius 1 is 0.929 bits per heavy atom. The van der Waals surface area contributed by atoms with Crippen LogP contribution in [0.4, 0.5) is 0 Å². The maximum Gasteiger partial charge on any atom is 0.411 e. The number of benzene rings is 2. The molecule has 2 saturated heterocycles. The number of nitrogens with zero attached hydrogens (tertiary/aromatic N) is 1. The second-order valence-electron chi connectivity index (χ2n) is 11.3. The fourth-order valence-electron chi connectivity index (χ4n) is 5.34. The number of hydrogen-bond donors (Lipinski definition) is 2. The van der Waals surface area contributed by atoms with Crippen LogP contribution in [0.15, 0.2) is 57.5 Å². The standard InChI is InChI=1S/C17H22BBrO5.C12H15BBrNO2.H2S/c1-17(2)23-15(20)14(16(21)24-17)9-12(10-18(3)22)8-11-4-6-13(19)7-5-11;1-13(17)15-11(6-7-12(15)16)8-9-2-4-10(14)5-3-9;/h4-7,12,14,22H,8-10H2,1-3H3;2-5,11,17H,6-8H2,1H3;1H2/t12-;11-;/m10./s1. The summed E-state index contributed by atoms with van der Waals surface area (Å²) < 4.78 is 12.4. The van der Waals surface area contributed by atoms with E-state index in [1.165, 1.54) is 19.4 Å². The number of cyclic esters (lactones) is 2. The quantitative estimate of drug-likeness (QED) is 0.206. The minimum Gasteiger partial charge on any atom is -0.451 e. The Bertz CT molecular complexity index is 1180. The van der Waals surface area contributed by atoms with Crippen molar-refractivity contribution in [3.63, 3.8) is 0 Å². The fourth-order valence-corrected chi connectivity index (χ4v) is 5.87. The molecule has 0 radical (unpaired) electrons. The Hall–Kier alpha value is -1.79. The van der Waals surface area contributed by atoms with E-state index < -0.39 is 37.6 Å². The lowest BCUT2D eigenvalue weighted by Crippen LogP contribution is -2.47. The fraction of sp³-hybridized carbons (Fsp3) is 0.483. The summed E-state index contributed by atoms with van der Waals surface area (Å²) >= 11 is 6.79. The molecule has 228 valence electrons. The Morgan fingerprint density at radius 3 is 1.90 bits per heavy atom. The van der Waals surface area contributed by atoms with E-state index in [0.29, 0.717) is 25.6 Å². The molecular weight excluding hydrogens is 688 g/mol. The van der Waals surface area contributed by atoms with Crippen LogP contribution in [-0.2, 0) is 36.7 Å². The average Bonchev–Trinajstić information content (AvgIpc) is 3.23. The summed E-state index contributed by atoms with van der Waals surface area (Å²) in [5, 5.41) is 19.4. The molecule has 2 aromatic carbocycles. The highest BCUT2D eigenvalue weighted by Gasteiger charge is 2.44. The molecule has 42 heavy (non-hydrogen) atoms. The van der Waals surface area contributed by atoms with Gasteiger partial charge in [-0.25, -0.2) is 0 Å². The summed E-state index contributed by atoms with van der Waals surface area (Å²) in [5.74, 6) is -3.22. The van der Waals surface area contributed by atoms with Crippen molar-refractivity contribution in [2.24, 2.45) is 11.8 Å². The van der Waals surface area contributed by atoms with Gasteiger partial charge in [0.1, 0.15) is 0 Å². The van der Waals surface area contributed by atoms with Crippen LogP contribution in [0.25, 0.3) is 0 Å². The molecule has 4 rings (SSSR count). The topological polar surface area (TPSA) is 113 Å². The van der Waals surface area contributed by atoms with Gasteiger partial charge >= 0.3 is 19.0 Å². The van der Waals surface area contributed by atoms with Gasteiger partial charge in [0.05, 0.1) is 0 Å². The highest BCUT2D eigenvalue weighted by Crippen LogP contribution is 2.30. The molecule has 2 atom stereocenters. The molecule has 2 aliphatic rings. The summed E-state index contributed by atoms with van der Waals surface area (Å²) in [6.45, 7) is 5.91. The van der Waals surface area contributed by atoms with Gasteiger partial charge in [-0.05, 0) is 80.1 Å². The first-order chi connectivity index (χ1) is 19.2. The third kappa shape index (κ3) is 11.0. The average molecular weight is 727 g/mol. The van der Waals surface area contributed by atoms with E-state index in [2.05, 4.69) is 31.9 Å². The number of esters is 2. The van der Waals surface area contributed by atoms with Gasteiger partial charge in [-0.1, -0.05) is 62.9 Å². The number of carbonyl (C=O) groups excluding carboxylic acids is 3. The molecule has 2 aliphatic heterocycles. The van der Waals surface area contributed by atoms with Gasteiger partial charge in [-0.2, -0.15) is 13.5 Å². The smallest absolute Gasteiger partial charge is 0.411 e.